The molecule has 4 N–H and O–H groups in total. The molecule has 4 nitrogen and oxygen atoms in total. The Labute approximate surface area is 103 Å². The number of aliphatic hydroxyl groups excluding tert-OH is 1. The van der Waals surface area contributed by atoms with Crippen molar-refractivity contribution in [2.24, 2.45) is 0 Å². The topological polar surface area (TPSA) is 67.5 Å². The fraction of sp³-hybridized carbons (Fsp3) is 0.538. The molecule has 0 aliphatic rings. The Bertz CT molecular complexity index is 348. The smallest absolute Gasteiger partial charge is 0.121 e. The number of anilines is 1. The summed E-state index contributed by atoms with van der Waals surface area (Å²) in [6.07, 6.45) is -0.532. The van der Waals surface area contributed by atoms with Gasteiger partial charge >= 0.3 is 0 Å². The summed E-state index contributed by atoms with van der Waals surface area (Å²) in [7, 11) is 0. The number of rotatable bonds is 5. The van der Waals surface area contributed by atoms with Crippen LogP contribution >= 0.6 is 0 Å². The van der Waals surface area contributed by atoms with E-state index in [4.69, 9.17) is 10.5 Å². The molecule has 0 heterocycles. The Morgan fingerprint density at radius 1 is 1.41 bits per heavy atom. The minimum atomic E-state index is -0.532. The summed E-state index contributed by atoms with van der Waals surface area (Å²) < 4.78 is 5.44. The van der Waals surface area contributed by atoms with Gasteiger partial charge in [-0.25, -0.2) is 0 Å². The Morgan fingerprint density at radius 3 is 2.71 bits per heavy atom. The predicted octanol–water partition coefficient (Wildman–Crippen LogP) is 1.40. The van der Waals surface area contributed by atoms with E-state index in [9.17, 15) is 5.11 Å². The molecule has 1 atom stereocenters. The summed E-state index contributed by atoms with van der Waals surface area (Å²) in [5.74, 6) is 0.680. The number of nitrogens with one attached hydrogen (secondary N) is 1. The van der Waals surface area contributed by atoms with Crippen LogP contribution in [0.25, 0.3) is 0 Å². The standard InChI is InChI=1S/C13H22N2O2/c1-13(2,3)15-8-11(16)9-17-12-6-4-5-10(14)7-12/h4-7,11,15-16H,8-9,14H2,1-3H3. The molecule has 0 fully saturated rings. The van der Waals surface area contributed by atoms with E-state index < -0.39 is 6.10 Å². The molecular formula is C13H22N2O2. The first kappa shape index (κ1) is 13.8. The molecule has 0 radical (unpaired) electrons. The fourth-order valence-electron chi connectivity index (χ4n) is 1.28. The van der Waals surface area contributed by atoms with Gasteiger partial charge in [0.2, 0.25) is 0 Å². The van der Waals surface area contributed by atoms with Gasteiger partial charge < -0.3 is 20.9 Å². The van der Waals surface area contributed by atoms with Gasteiger partial charge in [-0.1, -0.05) is 6.07 Å². The van der Waals surface area contributed by atoms with E-state index in [1.165, 1.54) is 0 Å². The minimum Gasteiger partial charge on any atom is -0.491 e. The SMILES string of the molecule is CC(C)(C)NCC(O)COc1cccc(N)c1. The van der Waals surface area contributed by atoms with Crippen LogP contribution in [0.15, 0.2) is 24.3 Å². The van der Waals surface area contributed by atoms with Crippen LogP contribution < -0.4 is 15.8 Å². The molecule has 1 rings (SSSR count). The lowest BCUT2D eigenvalue weighted by Gasteiger charge is -2.22. The molecule has 1 aromatic rings. The average molecular weight is 238 g/mol. The van der Waals surface area contributed by atoms with Gasteiger partial charge in [-0.05, 0) is 32.9 Å². The van der Waals surface area contributed by atoms with E-state index in [1.54, 1.807) is 12.1 Å². The molecular weight excluding hydrogens is 216 g/mol. The van der Waals surface area contributed by atoms with E-state index in [1.807, 2.05) is 12.1 Å². The highest BCUT2D eigenvalue weighted by atomic mass is 16.5. The van der Waals surface area contributed by atoms with Crippen LogP contribution in [0.2, 0.25) is 0 Å². The molecule has 0 aromatic heterocycles. The van der Waals surface area contributed by atoms with Crippen molar-refractivity contribution < 1.29 is 9.84 Å². The van der Waals surface area contributed by atoms with Crippen molar-refractivity contribution in [1.29, 1.82) is 0 Å². The number of nitrogens with two attached hydrogens (primary N) is 1. The number of ether oxygens (including phenoxy) is 1. The highest BCUT2D eigenvalue weighted by Gasteiger charge is 2.12. The molecule has 0 spiro atoms. The monoisotopic (exact) mass is 238 g/mol. The second-order valence-electron chi connectivity index (χ2n) is 5.17. The first-order chi connectivity index (χ1) is 7.87. The van der Waals surface area contributed by atoms with Crippen LogP contribution in [0.1, 0.15) is 20.8 Å². The quantitative estimate of drug-likeness (QED) is 0.678. The Kier molecular flexibility index (Phi) is 4.78. The number of hydrogen-bond donors (Lipinski definition) is 3. The van der Waals surface area contributed by atoms with Crippen molar-refractivity contribution in [2.75, 3.05) is 18.9 Å². The van der Waals surface area contributed by atoms with Crippen molar-refractivity contribution in [2.45, 2.75) is 32.4 Å². The van der Waals surface area contributed by atoms with Crippen LogP contribution in [-0.2, 0) is 0 Å². The number of benzene rings is 1. The number of hydrogen-bond acceptors (Lipinski definition) is 4. The maximum atomic E-state index is 9.72. The van der Waals surface area contributed by atoms with Crippen molar-refractivity contribution >= 4 is 5.69 Å². The molecule has 4 heteroatoms. The lowest BCUT2D eigenvalue weighted by molar-refractivity contribution is 0.100. The van der Waals surface area contributed by atoms with Crippen LogP contribution in [0.4, 0.5) is 5.69 Å². The second kappa shape index (κ2) is 5.89. The molecule has 0 aliphatic carbocycles. The van der Waals surface area contributed by atoms with Crippen LogP contribution in [0.3, 0.4) is 0 Å². The molecule has 0 aliphatic heterocycles. The highest BCUT2D eigenvalue weighted by Crippen LogP contribution is 2.14. The van der Waals surface area contributed by atoms with Gasteiger partial charge in [-0.15, -0.1) is 0 Å². The first-order valence-electron chi connectivity index (χ1n) is 5.78. The zero-order chi connectivity index (χ0) is 12.9. The van der Waals surface area contributed by atoms with E-state index in [-0.39, 0.29) is 12.1 Å². The first-order valence-corrected chi connectivity index (χ1v) is 5.78. The van der Waals surface area contributed by atoms with Gasteiger partial charge in [-0.2, -0.15) is 0 Å². The van der Waals surface area contributed by atoms with Crippen LogP contribution in [0, 0.1) is 0 Å². The normalized spacial score (nSPS) is 13.4. The van der Waals surface area contributed by atoms with Gasteiger partial charge in [0.15, 0.2) is 0 Å². The third-order valence-electron chi connectivity index (χ3n) is 2.17. The Morgan fingerprint density at radius 2 is 2.12 bits per heavy atom. The van der Waals surface area contributed by atoms with E-state index >= 15 is 0 Å². The summed E-state index contributed by atoms with van der Waals surface area (Å²) in [5.41, 5.74) is 6.28. The minimum absolute atomic E-state index is 0.00183. The zero-order valence-electron chi connectivity index (χ0n) is 10.7. The lowest BCUT2D eigenvalue weighted by Crippen LogP contribution is -2.42. The van der Waals surface area contributed by atoms with Crippen LogP contribution in [0.5, 0.6) is 5.75 Å². The van der Waals surface area contributed by atoms with Gasteiger partial charge in [0, 0.05) is 23.8 Å². The molecule has 0 amide bonds. The number of β-amino-alcohol motifs (C(OH)–C–C–N with tert-alkyl or cyclic N) is 1. The molecule has 96 valence electrons. The van der Waals surface area contributed by atoms with Crippen LogP contribution in [-0.4, -0.2) is 29.9 Å². The molecule has 1 aromatic carbocycles. The summed E-state index contributed by atoms with van der Waals surface area (Å²) in [4.78, 5) is 0. The molecule has 0 bridgehead atoms. The molecule has 0 saturated carbocycles. The van der Waals surface area contributed by atoms with Crippen molar-refractivity contribution in [1.82, 2.24) is 5.32 Å². The lowest BCUT2D eigenvalue weighted by atomic mass is 10.1. The van der Waals surface area contributed by atoms with E-state index in [0.717, 1.165) is 0 Å². The number of aliphatic hydroxyl groups is 1. The summed E-state index contributed by atoms with van der Waals surface area (Å²) >= 11 is 0. The zero-order valence-corrected chi connectivity index (χ0v) is 10.7. The number of nitrogen functional groups attached to an aromatic ring is 1. The average Bonchev–Trinajstić information content (AvgIpc) is 2.23. The molecule has 1 unspecified atom stereocenters. The highest BCUT2D eigenvalue weighted by molar-refractivity contribution is 5.43. The van der Waals surface area contributed by atoms with Gasteiger partial charge in [0.25, 0.3) is 0 Å². The van der Waals surface area contributed by atoms with Crippen molar-refractivity contribution in [3.8, 4) is 5.75 Å². The Hall–Kier alpha value is -1.26. The van der Waals surface area contributed by atoms with Gasteiger partial charge in [-0.3, -0.25) is 0 Å². The van der Waals surface area contributed by atoms with Crippen molar-refractivity contribution in [3.63, 3.8) is 0 Å². The fourth-order valence-corrected chi connectivity index (χ4v) is 1.28. The third kappa shape index (κ3) is 6.14. The molecule has 17 heavy (non-hydrogen) atoms. The largest absolute Gasteiger partial charge is 0.491 e. The maximum absolute atomic E-state index is 9.72. The molecule has 0 saturated heterocycles. The summed E-state index contributed by atoms with van der Waals surface area (Å²) in [6.45, 7) is 6.92. The van der Waals surface area contributed by atoms with E-state index in [0.29, 0.717) is 18.0 Å². The van der Waals surface area contributed by atoms with E-state index in [2.05, 4.69) is 26.1 Å². The maximum Gasteiger partial charge on any atom is 0.121 e. The van der Waals surface area contributed by atoms with Crippen molar-refractivity contribution in [3.05, 3.63) is 24.3 Å². The van der Waals surface area contributed by atoms with Gasteiger partial charge in [0.1, 0.15) is 18.5 Å². The second-order valence-corrected chi connectivity index (χ2v) is 5.17. The predicted molar refractivity (Wildman–Crippen MR) is 70.1 cm³/mol. The summed E-state index contributed by atoms with van der Waals surface area (Å²) in [5, 5.41) is 12.9. The third-order valence-corrected chi connectivity index (χ3v) is 2.17. The Balaban J connectivity index is 2.31. The summed E-state index contributed by atoms with van der Waals surface area (Å²) in [6, 6.07) is 7.18. The van der Waals surface area contributed by atoms with Gasteiger partial charge in [0.05, 0.1) is 0 Å².